The molecule has 2 heterocycles. The first-order valence-electron chi connectivity index (χ1n) is 7.87. The molecular weight excluding hydrogens is 299 g/mol. The molecule has 4 rings (SSSR count). The normalized spacial score (nSPS) is 18.4. The highest BCUT2D eigenvalue weighted by Crippen LogP contribution is 2.35. The van der Waals surface area contributed by atoms with Crippen molar-refractivity contribution in [2.24, 2.45) is 0 Å². The van der Waals surface area contributed by atoms with Crippen LogP contribution in [0.25, 0.3) is 10.8 Å². The number of nitrogens with zero attached hydrogens (tertiary/aromatic N) is 2. The summed E-state index contributed by atoms with van der Waals surface area (Å²) in [6, 6.07) is 5.82. The van der Waals surface area contributed by atoms with Crippen molar-refractivity contribution in [2.45, 2.75) is 18.9 Å². The Bertz CT molecular complexity index is 836. The van der Waals surface area contributed by atoms with Crippen LogP contribution < -0.4 is 5.56 Å². The van der Waals surface area contributed by atoms with Crippen molar-refractivity contribution < 1.29 is 13.9 Å². The monoisotopic (exact) mass is 316 g/mol. The largest absolute Gasteiger partial charge is 0.378 e. The maximum Gasteiger partial charge on any atom is 0.270 e. The smallest absolute Gasteiger partial charge is 0.270 e. The Labute approximate surface area is 132 Å². The molecule has 1 aliphatic carbocycles. The molecule has 1 saturated heterocycles. The predicted molar refractivity (Wildman–Crippen MR) is 83.2 cm³/mol. The van der Waals surface area contributed by atoms with E-state index in [0.29, 0.717) is 42.8 Å². The van der Waals surface area contributed by atoms with E-state index in [0.717, 1.165) is 12.8 Å². The lowest BCUT2D eigenvalue weighted by Crippen LogP contribution is -2.42. The van der Waals surface area contributed by atoms with Gasteiger partial charge >= 0.3 is 0 Å². The van der Waals surface area contributed by atoms with Crippen molar-refractivity contribution in [3.05, 3.63) is 46.1 Å². The molecule has 0 atom stereocenters. The molecule has 1 aromatic heterocycles. The number of pyridine rings is 1. The van der Waals surface area contributed by atoms with Gasteiger partial charge in [0.1, 0.15) is 11.5 Å². The van der Waals surface area contributed by atoms with Gasteiger partial charge in [0.25, 0.3) is 11.5 Å². The van der Waals surface area contributed by atoms with Crippen LogP contribution in [0.3, 0.4) is 0 Å². The molecule has 5 nitrogen and oxygen atoms in total. The molecule has 1 saturated carbocycles. The molecule has 1 aromatic carbocycles. The van der Waals surface area contributed by atoms with E-state index in [4.69, 9.17) is 4.74 Å². The van der Waals surface area contributed by atoms with Crippen LogP contribution in [0.1, 0.15) is 29.4 Å². The Morgan fingerprint density at radius 2 is 1.91 bits per heavy atom. The minimum atomic E-state index is -0.411. The summed E-state index contributed by atoms with van der Waals surface area (Å²) in [5.41, 5.74) is 0.152. The third-order valence-electron chi connectivity index (χ3n) is 4.44. The number of fused-ring (bicyclic) bond motifs is 1. The maximum absolute atomic E-state index is 13.5. The zero-order valence-electron chi connectivity index (χ0n) is 12.6. The van der Waals surface area contributed by atoms with Gasteiger partial charge in [-0.1, -0.05) is 0 Å². The van der Waals surface area contributed by atoms with E-state index >= 15 is 0 Å². The molecule has 0 unspecified atom stereocenters. The second-order valence-electron chi connectivity index (χ2n) is 6.07. The number of hydrogen-bond donors (Lipinski definition) is 0. The van der Waals surface area contributed by atoms with Gasteiger partial charge in [-0.15, -0.1) is 0 Å². The first kappa shape index (κ1) is 14.4. The van der Waals surface area contributed by atoms with Crippen LogP contribution in [0.2, 0.25) is 0 Å². The highest BCUT2D eigenvalue weighted by atomic mass is 19.1. The van der Waals surface area contributed by atoms with Crippen molar-refractivity contribution in [3.8, 4) is 0 Å². The van der Waals surface area contributed by atoms with Crippen LogP contribution in [-0.4, -0.2) is 41.7 Å². The van der Waals surface area contributed by atoms with E-state index in [9.17, 15) is 14.0 Å². The molecule has 120 valence electrons. The second kappa shape index (κ2) is 5.45. The standard InChI is InChI=1S/C17H17FN2O3/c18-12-1-4-14-11(9-12)10-15(20(16(14)21)13-2-3-13)17(22)19-5-7-23-8-6-19/h1,4,9-10,13H,2-3,5-8H2. The Morgan fingerprint density at radius 3 is 2.61 bits per heavy atom. The van der Waals surface area contributed by atoms with Gasteiger partial charge in [-0.05, 0) is 42.5 Å². The third-order valence-corrected chi connectivity index (χ3v) is 4.44. The highest BCUT2D eigenvalue weighted by Gasteiger charge is 2.31. The fourth-order valence-electron chi connectivity index (χ4n) is 3.09. The van der Waals surface area contributed by atoms with E-state index in [-0.39, 0.29) is 17.5 Å². The number of carbonyl (C=O) groups is 1. The lowest BCUT2D eigenvalue weighted by atomic mass is 10.1. The minimum Gasteiger partial charge on any atom is -0.378 e. The molecule has 2 aliphatic rings. The number of amides is 1. The molecule has 1 aliphatic heterocycles. The van der Waals surface area contributed by atoms with E-state index in [1.165, 1.54) is 18.2 Å². The van der Waals surface area contributed by atoms with Crippen molar-refractivity contribution in [3.63, 3.8) is 0 Å². The summed E-state index contributed by atoms with van der Waals surface area (Å²) in [6.45, 7) is 2.03. The lowest BCUT2D eigenvalue weighted by molar-refractivity contribution is 0.0295. The number of benzene rings is 1. The van der Waals surface area contributed by atoms with Crippen molar-refractivity contribution in [2.75, 3.05) is 26.3 Å². The van der Waals surface area contributed by atoms with E-state index in [1.807, 2.05) is 0 Å². The summed E-state index contributed by atoms with van der Waals surface area (Å²) in [4.78, 5) is 27.3. The van der Waals surface area contributed by atoms with Gasteiger partial charge in [0.05, 0.1) is 13.2 Å². The quantitative estimate of drug-likeness (QED) is 0.851. The van der Waals surface area contributed by atoms with Gasteiger partial charge in [-0.3, -0.25) is 9.59 Å². The van der Waals surface area contributed by atoms with Crippen LogP contribution in [0.5, 0.6) is 0 Å². The fourth-order valence-corrected chi connectivity index (χ4v) is 3.09. The van der Waals surface area contributed by atoms with Gasteiger partial charge in [0.15, 0.2) is 0 Å². The first-order chi connectivity index (χ1) is 11.1. The average molecular weight is 316 g/mol. The zero-order valence-corrected chi connectivity index (χ0v) is 12.6. The van der Waals surface area contributed by atoms with Gasteiger partial charge in [0.2, 0.25) is 0 Å². The topological polar surface area (TPSA) is 51.5 Å². The molecule has 2 fully saturated rings. The number of carbonyl (C=O) groups excluding carboxylic acids is 1. The third kappa shape index (κ3) is 2.53. The maximum atomic E-state index is 13.5. The fraction of sp³-hybridized carbons (Fsp3) is 0.412. The van der Waals surface area contributed by atoms with E-state index < -0.39 is 5.82 Å². The van der Waals surface area contributed by atoms with Crippen LogP contribution in [0, 0.1) is 5.82 Å². The Hall–Kier alpha value is -2.21. The predicted octanol–water partition coefficient (Wildman–Crippen LogP) is 1.95. The van der Waals surface area contributed by atoms with Crippen molar-refractivity contribution in [1.29, 1.82) is 0 Å². The van der Waals surface area contributed by atoms with Crippen LogP contribution in [0.4, 0.5) is 4.39 Å². The summed E-state index contributed by atoms with van der Waals surface area (Å²) in [6.07, 6.45) is 1.80. The average Bonchev–Trinajstić information content (AvgIpc) is 3.39. The molecule has 2 aromatic rings. The number of ether oxygens (including phenoxy) is 1. The Kier molecular flexibility index (Phi) is 3.41. The molecule has 0 bridgehead atoms. The van der Waals surface area contributed by atoms with Gasteiger partial charge < -0.3 is 14.2 Å². The number of morpholine rings is 1. The Balaban J connectivity index is 1.88. The summed E-state index contributed by atoms with van der Waals surface area (Å²) in [5.74, 6) is -0.589. The van der Waals surface area contributed by atoms with Crippen LogP contribution in [0.15, 0.2) is 29.1 Å². The lowest BCUT2D eigenvalue weighted by Gasteiger charge is -2.28. The number of hydrogen-bond acceptors (Lipinski definition) is 3. The molecule has 23 heavy (non-hydrogen) atoms. The number of halogens is 1. The van der Waals surface area contributed by atoms with E-state index in [1.54, 1.807) is 15.5 Å². The minimum absolute atomic E-state index is 0.0805. The summed E-state index contributed by atoms with van der Waals surface area (Å²) in [5, 5.41) is 0.931. The second-order valence-corrected chi connectivity index (χ2v) is 6.07. The summed E-state index contributed by atoms with van der Waals surface area (Å²) >= 11 is 0. The number of aromatic nitrogens is 1. The molecule has 6 heteroatoms. The molecule has 1 amide bonds. The number of rotatable bonds is 2. The highest BCUT2D eigenvalue weighted by molar-refractivity contribution is 5.97. The molecular formula is C17H17FN2O3. The molecule has 0 radical (unpaired) electrons. The zero-order chi connectivity index (χ0) is 16.0. The first-order valence-corrected chi connectivity index (χ1v) is 7.87. The molecule has 0 N–H and O–H groups in total. The van der Waals surface area contributed by atoms with Crippen molar-refractivity contribution in [1.82, 2.24) is 9.47 Å². The van der Waals surface area contributed by atoms with E-state index in [2.05, 4.69) is 0 Å². The van der Waals surface area contributed by atoms with Crippen LogP contribution >= 0.6 is 0 Å². The summed E-state index contributed by atoms with van der Waals surface area (Å²) < 4.78 is 20.4. The van der Waals surface area contributed by atoms with Crippen molar-refractivity contribution >= 4 is 16.7 Å². The summed E-state index contributed by atoms with van der Waals surface area (Å²) in [7, 11) is 0. The van der Waals surface area contributed by atoms with Crippen LogP contribution in [-0.2, 0) is 4.74 Å². The molecule has 0 spiro atoms. The Morgan fingerprint density at radius 1 is 1.17 bits per heavy atom. The SMILES string of the molecule is O=C(c1cc2cc(F)ccc2c(=O)n1C1CC1)N1CCOCC1. The van der Waals surface area contributed by atoms with Gasteiger partial charge in [-0.25, -0.2) is 4.39 Å². The van der Waals surface area contributed by atoms with Gasteiger partial charge in [0, 0.05) is 24.5 Å². The van der Waals surface area contributed by atoms with Gasteiger partial charge in [-0.2, -0.15) is 0 Å².